The van der Waals surface area contributed by atoms with Crippen LogP contribution in [0.15, 0.2) is 48.5 Å². The van der Waals surface area contributed by atoms with Crippen molar-refractivity contribution in [3.05, 3.63) is 54.1 Å². The minimum atomic E-state index is -0.0274. The van der Waals surface area contributed by atoms with Crippen molar-refractivity contribution >= 4 is 22.8 Å². The molecule has 1 aromatic heterocycles. The normalized spacial score (nSPS) is 22.0. The summed E-state index contributed by atoms with van der Waals surface area (Å²) in [6.07, 6.45) is 3.42. The van der Waals surface area contributed by atoms with Gasteiger partial charge in [-0.25, -0.2) is 9.48 Å². The summed E-state index contributed by atoms with van der Waals surface area (Å²) >= 11 is 0. The van der Waals surface area contributed by atoms with Crippen LogP contribution in [0.25, 0.3) is 11.0 Å². The molecule has 2 unspecified atom stereocenters. The molecule has 1 N–H and O–H groups in total. The highest BCUT2D eigenvalue weighted by atomic mass is 16.2. The molecule has 3 heterocycles. The van der Waals surface area contributed by atoms with Gasteiger partial charge in [0.25, 0.3) is 0 Å². The number of carbonyl (C=O) groups is 1. The Labute approximate surface area is 170 Å². The summed E-state index contributed by atoms with van der Waals surface area (Å²) in [7, 11) is 1.86. The van der Waals surface area contributed by atoms with Gasteiger partial charge in [0.2, 0.25) is 0 Å². The largest absolute Gasteiger partial charge is 0.323 e. The van der Waals surface area contributed by atoms with Crippen molar-refractivity contribution in [1.29, 1.82) is 0 Å². The zero-order chi connectivity index (χ0) is 19.8. The number of fused-ring (bicyclic) bond motifs is 3. The fourth-order valence-electron chi connectivity index (χ4n) is 4.73. The van der Waals surface area contributed by atoms with Gasteiger partial charge in [-0.2, -0.15) is 0 Å². The molecule has 2 fully saturated rings. The first kappa shape index (κ1) is 18.1. The first-order chi connectivity index (χ1) is 14.2. The van der Waals surface area contributed by atoms with Crippen molar-refractivity contribution in [1.82, 2.24) is 24.8 Å². The van der Waals surface area contributed by atoms with Gasteiger partial charge >= 0.3 is 6.03 Å². The number of nitrogens with one attached hydrogen (secondary N) is 1. The molecule has 0 saturated carbocycles. The van der Waals surface area contributed by atoms with Crippen LogP contribution in [0, 0.1) is 0 Å². The number of amides is 2. The highest BCUT2D eigenvalue weighted by Crippen LogP contribution is 2.32. The lowest BCUT2D eigenvalue weighted by Crippen LogP contribution is -2.42. The van der Waals surface area contributed by atoms with Gasteiger partial charge in [-0.05, 0) is 43.0 Å². The third-order valence-electron chi connectivity index (χ3n) is 6.29. The molecular formula is C22H26N6O. The lowest BCUT2D eigenvalue weighted by atomic mass is 10.1. The molecule has 3 aromatic rings. The molecule has 2 bridgehead atoms. The van der Waals surface area contributed by atoms with E-state index >= 15 is 0 Å². The number of likely N-dealkylation sites (tertiary alicyclic amines) is 1. The Bertz CT molecular complexity index is 1020. The van der Waals surface area contributed by atoms with E-state index < -0.39 is 0 Å². The number of nitrogens with zero attached hydrogens (tertiary/aromatic N) is 5. The van der Waals surface area contributed by atoms with E-state index in [0.717, 1.165) is 49.2 Å². The lowest BCUT2D eigenvalue weighted by Gasteiger charge is -2.29. The Kier molecular flexibility index (Phi) is 4.67. The molecule has 29 heavy (non-hydrogen) atoms. The van der Waals surface area contributed by atoms with E-state index in [-0.39, 0.29) is 6.03 Å². The third-order valence-corrected chi connectivity index (χ3v) is 6.29. The second-order valence-electron chi connectivity index (χ2n) is 8.12. The number of aromatic nitrogens is 3. The van der Waals surface area contributed by atoms with E-state index in [0.29, 0.717) is 12.1 Å². The van der Waals surface area contributed by atoms with Gasteiger partial charge in [0.15, 0.2) is 0 Å². The van der Waals surface area contributed by atoms with E-state index in [1.807, 2.05) is 30.1 Å². The topological polar surface area (TPSA) is 66.3 Å². The molecule has 2 aromatic carbocycles. The smallest absolute Gasteiger partial charge is 0.321 e. The molecule has 2 aliphatic rings. The molecule has 2 atom stereocenters. The monoisotopic (exact) mass is 390 g/mol. The maximum atomic E-state index is 13.0. The minimum Gasteiger partial charge on any atom is -0.323 e. The zero-order valence-electron chi connectivity index (χ0n) is 16.7. The average Bonchev–Trinajstić information content (AvgIpc) is 3.21. The van der Waals surface area contributed by atoms with Crippen molar-refractivity contribution in [2.45, 2.75) is 37.9 Å². The summed E-state index contributed by atoms with van der Waals surface area (Å²) < 4.78 is 1.73. The summed E-state index contributed by atoms with van der Waals surface area (Å²) in [5, 5.41) is 11.2. The van der Waals surface area contributed by atoms with Gasteiger partial charge < -0.3 is 10.2 Å². The fraction of sp³-hybridized carbons (Fsp3) is 0.409. The summed E-state index contributed by atoms with van der Waals surface area (Å²) in [6, 6.07) is 17.3. The second kappa shape index (κ2) is 7.48. The molecule has 7 nitrogen and oxygen atoms in total. The summed E-state index contributed by atoms with van der Waals surface area (Å²) in [5.74, 6) is 0. The Hall–Kier alpha value is -2.93. The summed E-state index contributed by atoms with van der Waals surface area (Å²) in [6.45, 7) is 2.54. The number of anilines is 1. The van der Waals surface area contributed by atoms with E-state index in [2.05, 4.69) is 50.9 Å². The zero-order valence-corrected chi connectivity index (χ0v) is 16.7. The predicted molar refractivity (Wildman–Crippen MR) is 113 cm³/mol. The van der Waals surface area contributed by atoms with Crippen LogP contribution in [0.2, 0.25) is 0 Å². The Balaban J connectivity index is 1.27. The van der Waals surface area contributed by atoms with Crippen LogP contribution in [0.1, 0.15) is 24.8 Å². The second-order valence-corrected chi connectivity index (χ2v) is 8.12. The van der Waals surface area contributed by atoms with Crippen LogP contribution < -0.4 is 5.32 Å². The van der Waals surface area contributed by atoms with Crippen molar-refractivity contribution in [3.63, 3.8) is 0 Å². The van der Waals surface area contributed by atoms with Gasteiger partial charge in [0.05, 0.1) is 5.52 Å². The van der Waals surface area contributed by atoms with Gasteiger partial charge in [-0.3, -0.25) is 4.90 Å². The Morgan fingerprint density at radius 3 is 2.79 bits per heavy atom. The molecule has 150 valence electrons. The molecule has 7 heteroatoms. The van der Waals surface area contributed by atoms with Crippen LogP contribution >= 0.6 is 0 Å². The van der Waals surface area contributed by atoms with Gasteiger partial charge in [-0.1, -0.05) is 35.5 Å². The van der Waals surface area contributed by atoms with E-state index in [4.69, 9.17) is 0 Å². The van der Waals surface area contributed by atoms with E-state index in [1.54, 1.807) is 4.68 Å². The van der Waals surface area contributed by atoms with E-state index in [9.17, 15) is 4.79 Å². The number of urea groups is 1. The minimum absolute atomic E-state index is 0.0274. The fourth-order valence-corrected chi connectivity index (χ4v) is 4.73. The van der Waals surface area contributed by atoms with Crippen LogP contribution in [-0.2, 0) is 13.6 Å². The van der Waals surface area contributed by atoms with Crippen LogP contribution in [0.3, 0.4) is 0 Å². The predicted octanol–water partition coefficient (Wildman–Crippen LogP) is 3.24. The number of hydrogen-bond acceptors (Lipinski definition) is 4. The van der Waals surface area contributed by atoms with Gasteiger partial charge in [0, 0.05) is 44.5 Å². The maximum absolute atomic E-state index is 13.0. The molecule has 0 spiro atoms. The van der Waals surface area contributed by atoms with Crippen molar-refractivity contribution in [3.8, 4) is 0 Å². The maximum Gasteiger partial charge on any atom is 0.321 e. The quantitative estimate of drug-likeness (QED) is 0.746. The first-order valence-corrected chi connectivity index (χ1v) is 10.3. The van der Waals surface area contributed by atoms with Crippen molar-refractivity contribution < 1.29 is 4.79 Å². The molecule has 5 rings (SSSR count). The molecule has 2 aliphatic heterocycles. The molecule has 2 saturated heterocycles. The number of rotatable bonds is 3. The number of hydrogen-bond donors (Lipinski definition) is 1. The highest BCUT2D eigenvalue weighted by Gasteiger charge is 2.38. The molecule has 0 radical (unpaired) electrons. The van der Waals surface area contributed by atoms with E-state index in [1.165, 1.54) is 12.0 Å². The van der Waals surface area contributed by atoms with Gasteiger partial charge in [0.1, 0.15) is 5.52 Å². The summed E-state index contributed by atoms with van der Waals surface area (Å²) in [4.78, 5) is 17.5. The standard InChI is InChI=1S/C22H26N6O/c1-26-21-10-7-17(13-20(21)24-25-26)23-22(29)27-12-11-18-8-9-19(15-27)28(18)14-16-5-3-2-4-6-16/h2-7,10,13,18-19H,8-9,11-12,14-15H2,1H3,(H,23,29). The first-order valence-electron chi connectivity index (χ1n) is 10.3. The Morgan fingerprint density at radius 2 is 1.93 bits per heavy atom. The number of carbonyl (C=O) groups excluding carboxylic acids is 1. The number of benzene rings is 2. The van der Waals surface area contributed by atoms with Gasteiger partial charge in [-0.15, -0.1) is 5.10 Å². The summed E-state index contributed by atoms with van der Waals surface area (Å²) in [5.41, 5.74) is 3.85. The Morgan fingerprint density at radius 1 is 1.10 bits per heavy atom. The number of aryl methyl sites for hydroxylation is 1. The van der Waals surface area contributed by atoms with Crippen LogP contribution in [0.4, 0.5) is 10.5 Å². The van der Waals surface area contributed by atoms with Crippen molar-refractivity contribution in [2.75, 3.05) is 18.4 Å². The molecular weight excluding hydrogens is 364 g/mol. The van der Waals surface area contributed by atoms with Crippen LogP contribution in [0.5, 0.6) is 0 Å². The SMILES string of the molecule is Cn1nnc2cc(NC(=O)N3CCC4CCC(C3)N4Cc3ccccc3)ccc21. The molecule has 2 amide bonds. The average molecular weight is 390 g/mol. The van der Waals surface area contributed by atoms with Crippen LogP contribution in [-0.4, -0.2) is 56.0 Å². The molecule has 0 aliphatic carbocycles. The lowest BCUT2D eigenvalue weighted by molar-refractivity contribution is 0.178. The third kappa shape index (κ3) is 3.58. The van der Waals surface area contributed by atoms with Crippen molar-refractivity contribution in [2.24, 2.45) is 7.05 Å². The highest BCUT2D eigenvalue weighted by molar-refractivity contribution is 5.91.